The second-order valence-corrected chi connectivity index (χ2v) is 11.8. The van der Waals surface area contributed by atoms with Gasteiger partial charge in [0, 0.05) is 26.2 Å². The highest BCUT2D eigenvalue weighted by molar-refractivity contribution is 6.33. The van der Waals surface area contributed by atoms with Gasteiger partial charge in [0.05, 0.1) is 34.4 Å². The van der Waals surface area contributed by atoms with Gasteiger partial charge < -0.3 is 19.7 Å². The summed E-state index contributed by atoms with van der Waals surface area (Å²) in [4.78, 5) is 30.2. The molecule has 208 valence electrons. The second kappa shape index (κ2) is 10.6. The predicted octanol–water partition coefficient (Wildman–Crippen LogP) is 5.79. The molecule has 2 aromatic rings. The number of hydrogen-bond acceptors (Lipinski definition) is 6. The van der Waals surface area contributed by atoms with Crippen LogP contribution in [0.1, 0.15) is 46.1 Å². The molecule has 1 N–H and O–H groups in total. The fraction of sp³-hybridized carbons (Fsp3) is 0.483. The van der Waals surface area contributed by atoms with Gasteiger partial charge in [0.25, 0.3) is 5.91 Å². The molecule has 1 saturated heterocycles. The van der Waals surface area contributed by atoms with Gasteiger partial charge >= 0.3 is 6.09 Å². The van der Waals surface area contributed by atoms with Gasteiger partial charge in [0.2, 0.25) is 5.60 Å². The number of rotatable bonds is 4. The molecule has 0 radical (unpaired) electrons. The first-order chi connectivity index (χ1) is 18.3. The smallest absolute Gasteiger partial charge is 0.415 e. The normalized spacial score (nSPS) is 20.4. The van der Waals surface area contributed by atoms with E-state index in [2.05, 4.69) is 11.4 Å². The number of piperidine rings is 1. The van der Waals surface area contributed by atoms with Crippen LogP contribution in [0.2, 0.25) is 5.02 Å². The molecular formula is C29H34ClFN4O4. The molecule has 4 rings (SSSR count). The zero-order valence-electron chi connectivity index (χ0n) is 22.9. The Morgan fingerprint density at radius 3 is 2.41 bits per heavy atom. The Kier molecular flexibility index (Phi) is 7.72. The molecule has 0 aromatic heterocycles. The average Bonchev–Trinajstić information content (AvgIpc) is 2.88. The van der Waals surface area contributed by atoms with Crippen molar-refractivity contribution in [1.29, 1.82) is 5.26 Å². The molecule has 1 atom stereocenters. The monoisotopic (exact) mass is 556 g/mol. The number of hydrogen-bond donors (Lipinski definition) is 1. The Hall–Kier alpha value is -3.51. The van der Waals surface area contributed by atoms with E-state index in [9.17, 15) is 19.2 Å². The Labute approximate surface area is 233 Å². The molecular weight excluding hydrogens is 523 g/mol. The molecule has 2 amide bonds. The van der Waals surface area contributed by atoms with Crippen LogP contribution in [0.25, 0.3) is 0 Å². The summed E-state index contributed by atoms with van der Waals surface area (Å²) in [6.45, 7) is 7.62. The molecule has 8 nitrogen and oxygen atoms in total. The third kappa shape index (κ3) is 6.06. The van der Waals surface area contributed by atoms with E-state index in [4.69, 9.17) is 21.1 Å². The Morgan fingerprint density at radius 1 is 1.21 bits per heavy atom. The van der Waals surface area contributed by atoms with Crippen LogP contribution in [0, 0.1) is 22.6 Å². The van der Waals surface area contributed by atoms with Crippen molar-refractivity contribution in [2.24, 2.45) is 5.41 Å². The molecule has 2 aliphatic rings. The summed E-state index contributed by atoms with van der Waals surface area (Å²) in [6, 6.07) is 11.9. The van der Waals surface area contributed by atoms with Crippen molar-refractivity contribution in [1.82, 2.24) is 4.90 Å². The minimum Gasteiger partial charge on any atom is -0.474 e. The summed E-state index contributed by atoms with van der Waals surface area (Å²) in [7, 11) is 1.72. The van der Waals surface area contributed by atoms with Crippen LogP contribution in [0.4, 0.5) is 20.6 Å². The Balaban J connectivity index is 1.57. The van der Waals surface area contributed by atoms with Gasteiger partial charge in [-0.2, -0.15) is 5.26 Å². The highest BCUT2D eigenvalue weighted by Crippen LogP contribution is 2.44. The first-order valence-electron chi connectivity index (χ1n) is 12.9. The number of ether oxygens (including phenoxy) is 2. The zero-order valence-corrected chi connectivity index (χ0v) is 23.7. The van der Waals surface area contributed by atoms with Crippen LogP contribution < -0.4 is 15.0 Å². The lowest BCUT2D eigenvalue weighted by Gasteiger charge is -2.45. The van der Waals surface area contributed by atoms with Crippen molar-refractivity contribution in [2.45, 2.75) is 58.2 Å². The first kappa shape index (κ1) is 28.5. The van der Waals surface area contributed by atoms with E-state index in [-0.39, 0.29) is 18.3 Å². The van der Waals surface area contributed by atoms with Crippen molar-refractivity contribution in [3.05, 3.63) is 52.8 Å². The van der Waals surface area contributed by atoms with Crippen LogP contribution in [-0.4, -0.2) is 54.8 Å². The highest BCUT2D eigenvalue weighted by atomic mass is 35.5. The summed E-state index contributed by atoms with van der Waals surface area (Å²) < 4.78 is 25.3. The van der Waals surface area contributed by atoms with Crippen LogP contribution in [0.5, 0.6) is 5.75 Å². The van der Waals surface area contributed by atoms with E-state index in [0.29, 0.717) is 54.5 Å². The van der Waals surface area contributed by atoms with Crippen LogP contribution in [0.15, 0.2) is 36.4 Å². The van der Waals surface area contributed by atoms with E-state index in [1.807, 2.05) is 0 Å². The van der Waals surface area contributed by atoms with Gasteiger partial charge in [-0.05, 0) is 70.7 Å². The van der Waals surface area contributed by atoms with Gasteiger partial charge in [-0.15, -0.1) is 0 Å². The molecule has 39 heavy (non-hydrogen) atoms. The summed E-state index contributed by atoms with van der Waals surface area (Å²) in [5.41, 5.74) is -0.913. The number of halogens is 2. The molecule has 1 unspecified atom stereocenters. The lowest BCUT2D eigenvalue weighted by atomic mass is 9.75. The number of carbonyl (C=O) groups excluding carboxylic acids is 2. The number of nitriles is 1. The van der Waals surface area contributed by atoms with E-state index in [1.54, 1.807) is 63.9 Å². The van der Waals surface area contributed by atoms with Crippen molar-refractivity contribution >= 4 is 35.0 Å². The summed E-state index contributed by atoms with van der Waals surface area (Å²) in [5, 5.41) is 13.4. The van der Waals surface area contributed by atoms with Gasteiger partial charge in [-0.3, -0.25) is 9.69 Å². The quantitative estimate of drug-likeness (QED) is 0.512. The maximum absolute atomic E-state index is 13.9. The second-order valence-electron chi connectivity index (χ2n) is 11.4. The summed E-state index contributed by atoms with van der Waals surface area (Å²) >= 11 is 6.41. The highest BCUT2D eigenvalue weighted by Gasteiger charge is 2.49. The van der Waals surface area contributed by atoms with Gasteiger partial charge in [0.1, 0.15) is 17.2 Å². The predicted molar refractivity (Wildman–Crippen MR) is 148 cm³/mol. The lowest BCUT2D eigenvalue weighted by molar-refractivity contribution is -0.148. The largest absolute Gasteiger partial charge is 0.474 e. The number of nitrogens with zero attached hydrogens (tertiary/aromatic N) is 3. The molecule has 0 spiro atoms. The fourth-order valence-corrected chi connectivity index (χ4v) is 5.33. The van der Waals surface area contributed by atoms with E-state index >= 15 is 0 Å². The molecule has 2 heterocycles. The summed E-state index contributed by atoms with van der Waals surface area (Å²) in [5.74, 6) is -0.274. The Morgan fingerprint density at radius 2 is 1.85 bits per heavy atom. The molecule has 2 aromatic carbocycles. The standard InChI is InChI=1S/C29H34ClFN4O4/c1-27(2,3)39-26(37)35-18-28(4,38-24-15-22(33-5)21(30)14-23(24)35)25(36)34-12-10-29(17-32,11-13-34)16-19-6-8-20(31)9-7-19/h6-9,14-15,33H,10-13,16,18H2,1-5H3. The van der Waals surface area contributed by atoms with Crippen LogP contribution in [0.3, 0.4) is 0 Å². The van der Waals surface area contributed by atoms with Gasteiger partial charge in [-0.1, -0.05) is 23.7 Å². The molecule has 10 heteroatoms. The van der Waals surface area contributed by atoms with E-state index < -0.39 is 22.7 Å². The van der Waals surface area contributed by atoms with E-state index in [1.165, 1.54) is 17.0 Å². The number of anilines is 2. The zero-order chi connectivity index (χ0) is 28.6. The molecule has 0 bridgehead atoms. The third-order valence-corrected chi connectivity index (χ3v) is 7.48. The van der Waals surface area contributed by atoms with Crippen LogP contribution >= 0.6 is 11.6 Å². The lowest BCUT2D eigenvalue weighted by Crippen LogP contribution is -2.61. The maximum atomic E-state index is 13.9. The van der Waals surface area contributed by atoms with Crippen molar-refractivity contribution < 1.29 is 23.5 Å². The van der Waals surface area contributed by atoms with Crippen molar-refractivity contribution in [3.63, 3.8) is 0 Å². The molecule has 0 saturated carbocycles. The third-order valence-electron chi connectivity index (χ3n) is 7.17. The summed E-state index contributed by atoms with van der Waals surface area (Å²) in [6.07, 6.45) is 0.802. The van der Waals surface area contributed by atoms with Gasteiger partial charge in [-0.25, -0.2) is 9.18 Å². The molecule has 1 fully saturated rings. The number of carbonyl (C=O) groups is 2. The topological polar surface area (TPSA) is 94.9 Å². The van der Waals surface area contributed by atoms with Crippen molar-refractivity contribution in [2.75, 3.05) is 36.9 Å². The van der Waals surface area contributed by atoms with Gasteiger partial charge in [0.15, 0.2) is 0 Å². The SMILES string of the molecule is CNc1cc2c(cc1Cl)N(C(=O)OC(C)(C)C)CC(C)(C(=O)N1CCC(C#N)(Cc3ccc(F)cc3)CC1)O2. The minimum atomic E-state index is -1.40. The number of benzene rings is 2. The number of likely N-dealkylation sites (tertiary alicyclic amines) is 1. The molecule has 0 aliphatic carbocycles. The van der Waals surface area contributed by atoms with E-state index in [0.717, 1.165) is 5.56 Å². The Bertz CT molecular complexity index is 1300. The van der Waals surface area contributed by atoms with Crippen molar-refractivity contribution in [3.8, 4) is 11.8 Å². The number of nitrogens with one attached hydrogen (secondary N) is 1. The van der Waals surface area contributed by atoms with Crippen LogP contribution in [-0.2, 0) is 16.0 Å². The molecule has 2 aliphatic heterocycles. The fourth-order valence-electron chi connectivity index (χ4n) is 5.07. The number of amides is 2. The number of fused-ring (bicyclic) bond motifs is 1. The first-order valence-corrected chi connectivity index (χ1v) is 13.3. The maximum Gasteiger partial charge on any atom is 0.415 e. The average molecular weight is 557 g/mol. The minimum absolute atomic E-state index is 0.0710.